The molecule has 0 saturated carbocycles. The van der Waals surface area contributed by atoms with Gasteiger partial charge in [-0.15, -0.1) is 0 Å². The van der Waals surface area contributed by atoms with E-state index in [9.17, 15) is 13.2 Å². The molecule has 0 bridgehead atoms. The molecule has 17 heavy (non-hydrogen) atoms. The molecule has 6 heteroatoms. The summed E-state index contributed by atoms with van der Waals surface area (Å²) in [6.45, 7) is 5.70. The highest BCUT2D eigenvalue weighted by Gasteiger charge is 2.35. The Balaban J connectivity index is 3.07. The lowest BCUT2D eigenvalue weighted by molar-refractivity contribution is -0.137. The molecule has 0 fully saturated rings. The number of alkyl halides is 3. The predicted octanol–water partition coefficient (Wildman–Crippen LogP) is 4.32. The van der Waals surface area contributed by atoms with Gasteiger partial charge >= 0.3 is 6.18 Å². The third-order valence-corrected chi connectivity index (χ3v) is 2.96. The number of aromatic nitrogens is 1. The zero-order valence-electron chi connectivity index (χ0n) is 9.77. The van der Waals surface area contributed by atoms with Crippen LogP contribution in [-0.4, -0.2) is 11.0 Å². The molecule has 1 heterocycles. The zero-order valence-corrected chi connectivity index (χ0v) is 11.4. The van der Waals surface area contributed by atoms with Gasteiger partial charge in [-0.1, -0.05) is 13.8 Å². The Labute approximate surface area is 107 Å². The average Bonchev–Trinajstić information content (AvgIpc) is 2.18. The summed E-state index contributed by atoms with van der Waals surface area (Å²) in [4.78, 5) is 3.79. The van der Waals surface area contributed by atoms with Crippen molar-refractivity contribution in [3.63, 3.8) is 0 Å². The summed E-state index contributed by atoms with van der Waals surface area (Å²) < 4.78 is 38.6. The van der Waals surface area contributed by atoms with Crippen LogP contribution in [0.2, 0.25) is 0 Å². The molecule has 0 spiro atoms. The van der Waals surface area contributed by atoms with Crippen LogP contribution in [0, 0.1) is 5.92 Å². The van der Waals surface area contributed by atoms with E-state index in [0.29, 0.717) is 4.47 Å². The van der Waals surface area contributed by atoms with Crippen molar-refractivity contribution in [1.29, 1.82) is 0 Å². The van der Waals surface area contributed by atoms with Gasteiger partial charge in [0.15, 0.2) is 0 Å². The second-order valence-corrected chi connectivity index (χ2v) is 5.14. The van der Waals surface area contributed by atoms with Gasteiger partial charge < -0.3 is 5.32 Å². The van der Waals surface area contributed by atoms with Crippen molar-refractivity contribution in [3.8, 4) is 0 Å². The topological polar surface area (TPSA) is 24.9 Å². The van der Waals surface area contributed by atoms with Gasteiger partial charge in [-0.3, -0.25) is 0 Å². The largest absolute Gasteiger partial charge is 0.419 e. The Morgan fingerprint density at radius 2 is 1.88 bits per heavy atom. The number of hydrogen-bond acceptors (Lipinski definition) is 2. The Hall–Kier alpha value is -0.780. The minimum absolute atomic E-state index is 0.0789. The van der Waals surface area contributed by atoms with Gasteiger partial charge in [-0.05, 0) is 34.8 Å². The maximum Gasteiger partial charge on any atom is 0.419 e. The van der Waals surface area contributed by atoms with Crippen molar-refractivity contribution in [3.05, 3.63) is 22.3 Å². The van der Waals surface area contributed by atoms with E-state index in [1.807, 2.05) is 20.8 Å². The van der Waals surface area contributed by atoms with Gasteiger partial charge in [-0.2, -0.15) is 13.2 Å². The minimum atomic E-state index is -4.41. The molecule has 1 aromatic rings. The number of hydrogen-bond donors (Lipinski definition) is 1. The maximum atomic E-state index is 12.8. The van der Waals surface area contributed by atoms with Crippen molar-refractivity contribution in [1.82, 2.24) is 4.98 Å². The van der Waals surface area contributed by atoms with Crippen LogP contribution < -0.4 is 5.32 Å². The molecule has 1 aromatic heterocycles. The molecule has 1 N–H and O–H groups in total. The smallest absolute Gasteiger partial charge is 0.367 e. The van der Waals surface area contributed by atoms with E-state index in [1.54, 1.807) is 0 Å². The van der Waals surface area contributed by atoms with E-state index >= 15 is 0 Å². The number of anilines is 1. The van der Waals surface area contributed by atoms with Crippen LogP contribution in [0.1, 0.15) is 26.3 Å². The first-order valence-corrected chi connectivity index (χ1v) is 6.00. The molecular weight excluding hydrogens is 297 g/mol. The van der Waals surface area contributed by atoms with Crippen molar-refractivity contribution < 1.29 is 13.2 Å². The highest BCUT2D eigenvalue weighted by molar-refractivity contribution is 9.10. The van der Waals surface area contributed by atoms with Crippen LogP contribution in [0.4, 0.5) is 19.0 Å². The fourth-order valence-electron chi connectivity index (χ4n) is 1.15. The lowest BCUT2D eigenvalue weighted by Crippen LogP contribution is -2.24. The number of rotatable bonds is 3. The standard InChI is InChI=1S/C11H14BrF3N2/c1-6(2)7(3)17-10-9(11(13,14)15)4-8(12)5-16-10/h4-7H,1-3H3,(H,16,17). The second kappa shape index (κ2) is 5.25. The predicted molar refractivity (Wildman–Crippen MR) is 64.9 cm³/mol. The monoisotopic (exact) mass is 310 g/mol. The van der Waals surface area contributed by atoms with Crippen molar-refractivity contribution in [2.24, 2.45) is 5.92 Å². The molecule has 1 rings (SSSR count). The molecule has 0 aliphatic rings. The third kappa shape index (κ3) is 3.87. The quantitative estimate of drug-likeness (QED) is 0.899. The maximum absolute atomic E-state index is 12.8. The Kier molecular flexibility index (Phi) is 4.41. The first kappa shape index (κ1) is 14.3. The normalized spacial score (nSPS) is 13.9. The average molecular weight is 311 g/mol. The summed E-state index contributed by atoms with van der Waals surface area (Å²) in [7, 11) is 0. The highest BCUT2D eigenvalue weighted by atomic mass is 79.9. The highest BCUT2D eigenvalue weighted by Crippen LogP contribution is 2.35. The molecule has 96 valence electrons. The lowest BCUT2D eigenvalue weighted by Gasteiger charge is -2.21. The third-order valence-electron chi connectivity index (χ3n) is 2.52. The van der Waals surface area contributed by atoms with Gasteiger partial charge in [0.1, 0.15) is 5.82 Å². The van der Waals surface area contributed by atoms with Crippen molar-refractivity contribution in [2.75, 3.05) is 5.32 Å². The molecule has 0 aliphatic carbocycles. The minimum Gasteiger partial charge on any atom is -0.367 e. The molecule has 0 aliphatic heterocycles. The Morgan fingerprint density at radius 1 is 1.29 bits per heavy atom. The van der Waals surface area contributed by atoms with Gasteiger partial charge in [0.25, 0.3) is 0 Å². The fourth-order valence-corrected chi connectivity index (χ4v) is 1.48. The molecule has 0 aromatic carbocycles. The number of nitrogens with zero attached hydrogens (tertiary/aromatic N) is 1. The molecule has 0 amide bonds. The van der Waals surface area contributed by atoms with Crippen LogP contribution in [0.25, 0.3) is 0 Å². The summed E-state index contributed by atoms with van der Waals surface area (Å²) in [6.07, 6.45) is -3.06. The number of nitrogens with one attached hydrogen (secondary N) is 1. The van der Waals surface area contributed by atoms with Crippen molar-refractivity contribution in [2.45, 2.75) is 33.0 Å². The number of halogens is 4. The first-order chi connectivity index (χ1) is 7.71. The van der Waals surface area contributed by atoms with E-state index in [4.69, 9.17) is 0 Å². The van der Waals surface area contributed by atoms with Crippen molar-refractivity contribution >= 4 is 21.7 Å². The Morgan fingerprint density at radius 3 is 2.35 bits per heavy atom. The Bertz CT molecular complexity index is 391. The van der Waals surface area contributed by atoms with Crippen LogP contribution in [0.5, 0.6) is 0 Å². The summed E-state index contributed by atoms with van der Waals surface area (Å²) in [5.74, 6) is 0.100. The summed E-state index contributed by atoms with van der Waals surface area (Å²) in [5.41, 5.74) is -0.751. The molecule has 0 saturated heterocycles. The molecule has 1 atom stereocenters. The van der Waals surface area contributed by atoms with E-state index in [2.05, 4.69) is 26.2 Å². The summed E-state index contributed by atoms with van der Waals surface area (Å²) >= 11 is 2.99. The van der Waals surface area contributed by atoms with E-state index in [0.717, 1.165) is 6.07 Å². The second-order valence-electron chi connectivity index (χ2n) is 4.22. The molecule has 2 nitrogen and oxygen atoms in total. The summed E-state index contributed by atoms with van der Waals surface area (Å²) in [5, 5.41) is 2.79. The summed E-state index contributed by atoms with van der Waals surface area (Å²) in [6, 6.07) is 0.951. The van der Waals surface area contributed by atoms with Crippen LogP contribution >= 0.6 is 15.9 Å². The fraction of sp³-hybridized carbons (Fsp3) is 0.545. The molecular formula is C11H14BrF3N2. The molecule has 1 unspecified atom stereocenters. The van der Waals surface area contributed by atoms with E-state index in [-0.39, 0.29) is 17.8 Å². The number of pyridine rings is 1. The van der Waals surface area contributed by atoms with Gasteiger partial charge in [0.05, 0.1) is 5.56 Å². The SMILES string of the molecule is CC(C)C(C)Nc1ncc(Br)cc1C(F)(F)F. The van der Waals surface area contributed by atoms with Crippen LogP contribution in [0.3, 0.4) is 0 Å². The zero-order chi connectivity index (χ0) is 13.2. The van der Waals surface area contributed by atoms with Crippen LogP contribution in [-0.2, 0) is 6.18 Å². The van der Waals surface area contributed by atoms with E-state index < -0.39 is 11.7 Å². The first-order valence-electron chi connectivity index (χ1n) is 5.21. The molecule has 0 radical (unpaired) electrons. The van der Waals surface area contributed by atoms with Crippen LogP contribution in [0.15, 0.2) is 16.7 Å². The van der Waals surface area contributed by atoms with E-state index in [1.165, 1.54) is 6.20 Å². The lowest BCUT2D eigenvalue weighted by atomic mass is 10.1. The van der Waals surface area contributed by atoms with Gasteiger partial charge in [0.2, 0.25) is 0 Å². The van der Waals surface area contributed by atoms with Gasteiger partial charge in [-0.25, -0.2) is 4.98 Å². The van der Waals surface area contributed by atoms with Gasteiger partial charge in [0, 0.05) is 16.7 Å².